The Morgan fingerprint density at radius 2 is 1.96 bits per heavy atom. The Morgan fingerprint density at radius 1 is 1.17 bits per heavy atom. The van der Waals surface area contributed by atoms with E-state index in [0.717, 1.165) is 37.7 Å². The predicted octanol–water partition coefficient (Wildman–Crippen LogP) is 1.98. The third kappa shape index (κ3) is 4.76. The Balaban J connectivity index is 2.15. The molecule has 1 aliphatic carbocycles. The second-order valence-corrected chi connectivity index (χ2v) is 6.60. The summed E-state index contributed by atoms with van der Waals surface area (Å²) in [5.74, 6) is -0.354. The first-order valence-electron chi connectivity index (χ1n) is 7.87. The summed E-state index contributed by atoms with van der Waals surface area (Å²) < 4.78 is 9.84. The zero-order valence-corrected chi connectivity index (χ0v) is 14.5. The second kappa shape index (κ2) is 9.00. The fourth-order valence-corrected chi connectivity index (χ4v) is 4.00. The number of aryl methyl sites for hydroxylation is 1. The van der Waals surface area contributed by atoms with Crippen LogP contribution in [0.15, 0.2) is 0 Å². The third-order valence-corrected chi connectivity index (χ3v) is 4.94. The number of hydrogen-bond acceptors (Lipinski definition) is 5. The quantitative estimate of drug-likeness (QED) is 0.710. The number of amides is 2. The SMILES string of the molecule is COCCCNC(=O)c1c(NC(=O)COC)sc2c1CCCC2. The van der Waals surface area contributed by atoms with Gasteiger partial charge in [-0.3, -0.25) is 9.59 Å². The molecule has 0 aromatic carbocycles. The van der Waals surface area contributed by atoms with Gasteiger partial charge < -0.3 is 20.1 Å². The number of fused-ring (bicyclic) bond motifs is 1. The highest BCUT2D eigenvalue weighted by Gasteiger charge is 2.26. The van der Waals surface area contributed by atoms with Gasteiger partial charge >= 0.3 is 0 Å². The van der Waals surface area contributed by atoms with E-state index in [0.29, 0.717) is 23.7 Å². The molecular formula is C16H24N2O4S. The van der Waals surface area contributed by atoms with E-state index >= 15 is 0 Å². The molecule has 2 amide bonds. The van der Waals surface area contributed by atoms with Gasteiger partial charge in [-0.05, 0) is 37.7 Å². The van der Waals surface area contributed by atoms with Crippen molar-refractivity contribution >= 4 is 28.2 Å². The number of rotatable bonds is 8. The monoisotopic (exact) mass is 340 g/mol. The molecule has 23 heavy (non-hydrogen) atoms. The Morgan fingerprint density at radius 3 is 2.70 bits per heavy atom. The predicted molar refractivity (Wildman–Crippen MR) is 90.3 cm³/mol. The van der Waals surface area contributed by atoms with Crippen molar-refractivity contribution in [3.8, 4) is 0 Å². The highest BCUT2D eigenvalue weighted by atomic mass is 32.1. The van der Waals surface area contributed by atoms with Gasteiger partial charge in [0.15, 0.2) is 0 Å². The van der Waals surface area contributed by atoms with Crippen molar-refractivity contribution in [3.05, 3.63) is 16.0 Å². The minimum absolute atomic E-state index is 0.0164. The van der Waals surface area contributed by atoms with E-state index in [-0.39, 0.29) is 18.4 Å². The Bertz CT molecular complexity index is 557. The maximum absolute atomic E-state index is 12.6. The molecule has 1 heterocycles. The zero-order valence-electron chi connectivity index (χ0n) is 13.7. The molecule has 0 atom stereocenters. The van der Waals surface area contributed by atoms with Crippen LogP contribution in [0.25, 0.3) is 0 Å². The topological polar surface area (TPSA) is 76.7 Å². The third-order valence-electron chi connectivity index (χ3n) is 3.74. The van der Waals surface area contributed by atoms with Crippen molar-refractivity contribution < 1.29 is 19.1 Å². The molecule has 7 heteroatoms. The molecular weight excluding hydrogens is 316 g/mol. The first kappa shape index (κ1) is 17.9. The molecule has 0 radical (unpaired) electrons. The zero-order chi connectivity index (χ0) is 16.7. The number of thiophene rings is 1. The van der Waals surface area contributed by atoms with Crippen LogP contribution < -0.4 is 10.6 Å². The maximum Gasteiger partial charge on any atom is 0.254 e. The van der Waals surface area contributed by atoms with Gasteiger partial charge in [0.1, 0.15) is 11.6 Å². The Labute approximate surface area is 140 Å². The van der Waals surface area contributed by atoms with Crippen LogP contribution in [0.1, 0.15) is 40.1 Å². The molecule has 0 fully saturated rings. The number of carbonyl (C=O) groups is 2. The van der Waals surface area contributed by atoms with Crippen LogP contribution in [0.5, 0.6) is 0 Å². The number of hydrogen-bond donors (Lipinski definition) is 2. The van der Waals surface area contributed by atoms with Crippen molar-refractivity contribution in [1.29, 1.82) is 0 Å². The van der Waals surface area contributed by atoms with Crippen LogP contribution in [0.4, 0.5) is 5.00 Å². The molecule has 1 aromatic heterocycles. The van der Waals surface area contributed by atoms with Crippen LogP contribution in [0, 0.1) is 0 Å². The maximum atomic E-state index is 12.6. The van der Waals surface area contributed by atoms with Crippen LogP contribution in [0.2, 0.25) is 0 Å². The van der Waals surface area contributed by atoms with Gasteiger partial charge in [0.05, 0.1) is 5.56 Å². The summed E-state index contributed by atoms with van der Waals surface area (Å²) in [6, 6.07) is 0. The Hall–Kier alpha value is -1.44. The van der Waals surface area contributed by atoms with E-state index < -0.39 is 0 Å². The summed E-state index contributed by atoms with van der Waals surface area (Å²) >= 11 is 1.52. The molecule has 1 aromatic rings. The highest BCUT2D eigenvalue weighted by molar-refractivity contribution is 7.17. The first-order chi connectivity index (χ1) is 11.2. The number of nitrogens with one attached hydrogen (secondary N) is 2. The summed E-state index contributed by atoms with van der Waals surface area (Å²) in [7, 11) is 3.11. The average molecular weight is 340 g/mol. The van der Waals surface area contributed by atoms with Gasteiger partial charge in [-0.25, -0.2) is 0 Å². The van der Waals surface area contributed by atoms with Crippen molar-refractivity contribution in [1.82, 2.24) is 5.32 Å². The minimum atomic E-state index is -0.237. The van der Waals surface area contributed by atoms with E-state index in [2.05, 4.69) is 10.6 Å². The fraction of sp³-hybridized carbons (Fsp3) is 0.625. The van der Waals surface area contributed by atoms with Gasteiger partial charge in [-0.1, -0.05) is 0 Å². The molecule has 2 N–H and O–H groups in total. The summed E-state index contributed by atoms with van der Waals surface area (Å²) in [5.41, 5.74) is 1.73. The lowest BCUT2D eigenvalue weighted by atomic mass is 9.95. The largest absolute Gasteiger partial charge is 0.385 e. The number of carbonyl (C=O) groups excluding carboxylic acids is 2. The molecule has 0 spiro atoms. The van der Waals surface area contributed by atoms with Crippen LogP contribution in [-0.2, 0) is 27.1 Å². The van der Waals surface area contributed by atoms with Gasteiger partial charge in [0.25, 0.3) is 11.8 Å². The molecule has 0 saturated heterocycles. The fourth-order valence-electron chi connectivity index (χ4n) is 2.69. The van der Waals surface area contributed by atoms with Gasteiger partial charge in [-0.15, -0.1) is 11.3 Å². The van der Waals surface area contributed by atoms with E-state index in [4.69, 9.17) is 9.47 Å². The normalized spacial score (nSPS) is 13.5. The molecule has 128 valence electrons. The molecule has 2 rings (SSSR count). The van der Waals surface area contributed by atoms with Crippen molar-refractivity contribution in [2.75, 3.05) is 39.3 Å². The van der Waals surface area contributed by atoms with E-state index in [9.17, 15) is 9.59 Å². The summed E-state index contributed by atoms with van der Waals surface area (Å²) in [6.07, 6.45) is 4.85. The highest BCUT2D eigenvalue weighted by Crippen LogP contribution is 2.38. The van der Waals surface area contributed by atoms with Gasteiger partial charge in [0.2, 0.25) is 0 Å². The summed E-state index contributed by atoms with van der Waals surface area (Å²) in [6.45, 7) is 1.15. The lowest BCUT2D eigenvalue weighted by Gasteiger charge is -2.13. The molecule has 1 aliphatic rings. The number of ether oxygens (including phenoxy) is 2. The van der Waals surface area contributed by atoms with Crippen molar-refractivity contribution in [3.63, 3.8) is 0 Å². The Kier molecular flexibility index (Phi) is 7.01. The standard InChI is InChI=1S/C16H24N2O4S/c1-21-9-5-8-17-15(20)14-11-6-3-4-7-12(11)23-16(14)18-13(19)10-22-2/h3-10H2,1-2H3,(H,17,20)(H,18,19). The average Bonchev–Trinajstić information content (AvgIpc) is 2.89. The minimum Gasteiger partial charge on any atom is -0.385 e. The molecule has 0 aliphatic heterocycles. The van der Waals surface area contributed by atoms with E-state index in [1.807, 2.05) is 0 Å². The summed E-state index contributed by atoms with van der Waals surface area (Å²) in [5, 5.41) is 6.38. The summed E-state index contributed by atoms with van der Waals surface area (Å²) in [4.78, 5) is 25.6. The van der Waals surface area contributed by atoms with Crippen molar-refractivity contribution in [2.45, 2.75) is 32.1 Å². The van der Waals surface area contributed by atoms with Gasteiger partial charge in [-0.2, -0.15) is 0 Å². The van der Waals surface area contributed by atoms with Crippen molar-refractivity contribution in [2.24, 2.45) is 0 Å². The molecule has 0 unspecified atom stereocenters. The van der Waals surface area contributed by atoms with E-state index in [1.165, 1.54) is 23.3 Å². The lowest BCUT2D eigenvalue weighted by Crippen LogP contribution is -2.27. The number of methoxy groups -OCH3 is 2. The number of anilines is 1. The lowest BCUT2D eigenvalue weighted by molar-refractivity contribution is -0.119. The molecule has 0 saturated carbocycles. The van der Waals surface area contributed by atoms with Gasteiger partial charge in [0, 0.05) is 32.2 Å². The van der Waals surface area contributed by atoms with Crippen LogP contribution in [-0.4, -0.2) is 45.8 Å². The molecule has 6 nitrogen and oxygen atoms in total. The first-order valence-corrected chi connectivity index (χ1v) is 8.69. The second-order valence-electron chi connectivity index (χ2n) is 5.50. The van der Waals surface area contributed by atoms with Crippen LogP contribution >= 0.6 is 11.3 Å². The van der Waals surface area contributed by atoms with E-state index in [1.54, 1.807) is 7.11 Å². The smallest absolute Gasteiger partial charge is 0.254 e. The molecule has 0 bridgehead atoms. The van der Waals surface area contributed by atoms with Crippen LogP contribution in [0.3, 0.4) is 0 Å².